The predicted octanol–water partition coefficient (Wildman–Crippen LogP) is 1.18. The lowest BCUT2D eigenvalue weighted by atomic mass is 10.2. The summed E-state index contributed by atoms with van der Waals surface area (Å²) in [6.45, 7) is 5.15. The zero-order valence-electron chi connectivity index (χ0n) is 9.53. The van der Waals surface area contributed by atoms with Gasteiger partial charge in [-0.2, -0.15) is 5.10 Å². The summed E-state index contributed by atoms with van der Waals surface area (Å²) in [7, 11) is 0. The van der Waals surface area contributed by atoms with Crippen LogP contribution in [-0.4, -0.2) is 40.8 Å². The number of ether oxygens (including phenoxy) is 1. The fourth-order valence-electron chi connectivity index (χ4n) is 1.98. The van der Waals surface area contributed by atoms with Crippen molar-refractivity contribution in [2.45, 2.75) is 26.3 Å². The summed E-state index contributed by atoms with van der Waals surface area (Å²) in [6.07, 6.45) is 4.02. The first-order valence-corrected chi connectivity index (χ1v) is 5.73. The number of aromatic nitrogens is 2. The quantitative estimate of drug-likeness (QED) is 0.779. The van der Waals surface area contributed by atoms with Gasteiger partial charge in [0.1, 0.15) is 5.56 Å². The molecule has 0 bridgehead atoms. The Morgan fingerprint density at radius 3 is 3.00 bits per heavy atom. The number of hydrogen-bond donors (Lipinski definition) is 1. The number of carbonyl (C=O) groups excluding carboxylic acids is 1. The van der Waals surface area contributed by atoms with Crippen molar-refractivity contribution in [3.05, 3.63) is 17.5 Å². The summed E-state index contributed by atoms with van der Waals surface area (Å²) in [5, 5.41) is 6.79. The minimum Gasteiger partial charge on any atom is -0.462 e. The second-order valence-corrected chi connectivity index (χ2v) is 3.97. The lowest BCUT2D eigenvalue weighted by Gasteiger charge is -2.13. The van der Waals surface area contributed by atoms with E-state index in [9.17, 15) is 4.79 Å². The van der Waals surface area contributed by atoms with Crippen molar-refractivity contribution in [3.63, 3.8) is 0 Å². The number of hydrogen-bond acceptors (Lipinski definition) is 4. The third-order valence-corrected chi connectivity index (χ3v) is 2.79. The minimum absolute atomic E-state index is 0.287. The Kier molecular flexibility index (Phi) is 3.56. The lowest BCUT2D eigenvalue weighted by Crippen LogP contribution is -2.20. The number of rotatable bonds is 4. The molecule has 2 heterocycles. The SMILES string of the molecule is CCOC(=O)c1cn[nH]c1CN1CCCC1. The van der Waals surface area contributed by atoms with Gasteiger partial charge in [0.15, 0.2) is 0 Å². The van der Waals surface area contributed by atoms with Crippen LogP contribution in [0.2, 0.25) is 0 Å². The number of carbonyl (C=O) groups is 1. The third kappa shape index (κ3) is 2.41. The molecule has 0 spiro atoms. The Balaban J connectivity index is 2.03. The zero-order chi connectivity index (χ0) is 11.4. The number of esters is 1. The van der Waals surface area contributed by atoms with E-state index < -0.39 is 0 Å². The Bertz CT molecular complexity index is 356. The monoisotopic (exact) mass is 223 g/mol. The number of likely N-dealkylation sites (tertiary alicyclic amines) is 1. The standard InChI is InChI=1S/C11H17N3O2/c1-2-16-11(15)9-7-12-13-10(9)8-14-5-3-4-6-14/h7H,2-6,8H2,1H3,(H,12,13). The summed E-state index contributed by atoms with van der Waals surface area (Å²) in [5.41, 5.74) is 1.43. The minimum atomic E-state index is -0.287. The van der Waals surface area contributed by atoms with Crippen LogP contribution < -0.4 is 0 Å². The van der Waals surface area contributed by atoms with E-state index in [1.807, 2.05) is 0 Å². The first-order valence-electron chi connectivity index (χ1n) is 5.73. The first-order chi connectivity index (χ1) is 7.81. The fraction of sp³-hybridized carbons (Fsp3) is 0.636. The Hall–Kier alpha value is -1.36. The molecule has 0 saturated carbocycles. The molecule has 5 heteroatoms. The van der Waals surface area contributed by atoms with E-state index in [-0.39, 0.29) is 5.97 Å². The molecule has 1 aromatic heterocycles. The number of H-pyrrole nitrogens is 1. The summed E-state index contributed by atoms with van der Waals surface area (Å²) in [5.74, 6) is -0.287. The largest absolute Gasteiger partial charge is 0.462 e. The molecule has 1 aliphatic rings. The molecule has 1 fully saturated rings. The molecule has 1 aliphatic heterocycles. The van der Waals surface area contributed by atoms with Gasteiger partial charge in [-0.05, 0) is 32.9 Å². The van der Waals surface area contributed by atoms with E-state index in [1.54, 1.807) is 13.1 Å². The van der Waals surface area contributed by atoms with Gasteiger partial charge in [-0.15, -0.1) is 0 Å². The summed E-state index contributed by atoms with van der Waals surface area (Å²) >= 11 is 0. The Morgan fingerprint density at radius 1 is 1.56 bits per heavy atom. The van der Waals surface area contributed by atoms with Crippen molar-refractivity contribution in [2.75, 3.05) is 19.7 Å². The molecule has 5 nitrogen and oxygen atoms in total. The molecule has 0 radical (unpaired) electrons. The van der Waals surface area contributed by atoms with E-state index in [2.05, 4.69) is 15.1 Å². The molecule has 0 aromatic carbocycles. The van der Waals surface area contributed by atoms with Crippen molar-refractivity contribution < 1.29 is 9.53 Å². The van der Waals surface area contributed by atoms with Gasteiger partial charge in [0.2, 0.25) is 0 Å². The number of aromatic amines is 1. The van der Waals surface area contributed by atoms with E-state index in [4.69, 9.17) is 4.74 Å². The molecule has 88 valence electrons. The highest BCUT2D eigenvalue weighted by Crippen LogP contribution is 2.14. The molecule has 0 atom stereocenters. The molecule has 0 amide bonds. The summed E-state index contributed by atoms with van der Waals surface area (Å²) in [4.78, 5) is 13.9. The van der Waals surface area contributed by atoms with Crippen LogP contribution in [0.5, 0.6) is 0 Å². The predicted molar refractivity (Wildman–Crippen MR) is 59.1 cm³/mol. The van der Waals surface area contributed by atoms with Crippen molar-refractivity contribution in [1.82, 2.24) is 15.1 Å². The van der Waals surface area contributed by atoms with Crippen molar-refractivity contribution in [1.29, 1.82) is 0 Å². The average molecular weight is 223 g/mol. The first kappa shape index (κ1) is 11.1. The second-order valence-electron chi connectivity index (χ2n) is 3.97. The number of nitrogens with one attached hydrogen (secondary N) is 1. The molecule has 1 aromatic rings. The van der Waals surface area contributed by atoms with Gasteiger partial charge in [-0.25, -0.2) is 4.79 Å². The maximum atomic E-state index is 11.6. The molecule has 1 N–H and O–H groups in total. The van der Waals surface area contributed by atoms with Crippen LogP contribution in [0.25, 0.3) is 0 Å². The van der Waals surface area contributed by atoms with Crippen LogP contribution in [0.4, 0.5) is 0 Å². The van der Waals surface area contributed by atoms with Crippen LogP contribution in [0.3, 0.4) is 0 Å². The van der Waals surface area contributed by atoms with E-state index in [1.165, 1.54) is 12.8 Å². The van der Waals surface area contributed by atoms with E-state index in [0.29, 0.717) is 12.2 Å². The highest BCUT2D eigenvalue weighted by atomic mass is 16.5. The zero-order valence-corrected chi connectivity index (χ0v) is 9.53. The van der Waals surface area contributed by atoms with Gasteiger partial charge >= 0.3 is 5.97 Å². The van der Waals surface area contributed by atoms with Crippen LogP contribution >= 0.6 is 0 Å². The molecular weight excluding hydrogens is 206 g/mol. The van der Waals surface area contributed by atoms with E-state index >= 15 is 0 Å². The van der Waals surface area contributed by atoms with Gasteiger partial charge in [0.05, 0.1) is 18.5 Å². The van der Waals surface area contributed by atoms with Gasteiger partial charge in [0, 0.05) is 6.54 Å². The smallest absolute Gasteiger partial charge is 0.341 e. The molecule has 0 unspecified atom stereocenters. The fourth-order valence-corrected chi connectivity index (χ4v) is 1.98. The van der Waals surface area contributed by atoms with Crippen LogP contribution in [0.1, 0.15) is 35.8 Å². The van der Waals surface area contributed by atoms with Crippen molar-refractivity contribution in [2.24, 2.45) is 0 Å². The normalized spacial score (nSPS) is 16.6. The van der Waals surface area contributed by atoms with Crippen molar-refractivity contribution >= 4 is 5.97 Å². The van der Waals surface area contributed by atoms with Crippen LogP contribution in [0, 0.1) is 0 Å². The third-order valence-electron chi connectivity index (χ3n) is 2.79. The maximum absolute atomic E-state index is 11.6. The van der Waals surface area contributed by atoms with Gasteiger partial charge in [-0.3, -0.25) is 10.00 Å². The summed E-state index contributed by atoms with van der Waals surface area (Å²) in [6, 6.07) is 0. The molecule has 1 saturated heterocycles. The Labute approximate surface area is 94.8 Å². The lowest BCUT2D eigenvalue weighted by molar-refractivity contribution is 0.0524. The molecule has 2 rings (SSSR count). The van der Waals surface area contributed by atoms with Gasteiger partial charge in [0.25, 0.3) is 0 Å². The topological polar surface area (TPSA) is 58.2 Å². The Morgan fingerprint density at radius 2 is 2.31 bits per heavy atom. The van der Waals surface area contributed by atoms with Crippen LogP contribution in [-0.2, 0) is 11.3 Å². The molecular formula is C11H17N3O2. The maximum Gasteiger partial charge on any atom is 0.341 e. The number of nitrogens with zero attached hydrogens (tertiary/aromatic N) is 2. The summed E-state index contributed by atoms with van der Waals surface area (Å²) < 4.78 is 4.97. The highest BCUT2D eigenvalue weighted by Gasteiger charge is 2.19. The van der Waals surface area contributed by atoms with Crippen molar-refractivity contribution in [3.8, 4) is 0 Å². The van der Waals surface area contributed by atoms with Gasteiger partial charge < -0.3 is 4.74 Å². The molecule has 16 heavy (non-hydrogen) atoms. The molecule has 0 aliphatic carbocycles. The highest BCUT2D eigenvalue weighted by molar-refractivity contribution is 5.90. The average Bonchev–Trinajstić information content (AvgIpc) is 2.90. The second kappa shape index (κ2) is 5.12. The van der Waals surface area contributed by atoms with Gasteiger partial charge in [-0.1, -0.05) is 0 Å². The van der Waals surface area contributed by atoms with Crippen LogP contribution in [0.15, 0.2) is 6.20 Å². The van der Waals surface area contributed by atoms with E-state index in [0.717, 1.165) is 25.3 Å².